The monoisotopic (exact) mass is 416 g/mol. The second-order valence-corrected chi connectivity index (χ2v) is 8.04. The number of hydrogen-bond acceptors (Lipinski definition) is 3. The summed E-state index contributed by atoms with van der Waals surface area (Å²) < 4.78 is 12.6. The third-order valence-corrected chi connectivity index (χ3v) is 6.72. The first-order valence-corrected chi connectivity index (χ1v) is 8.97. The lowest BCUT2D eigenvalue weighted by Gasteiger charge is -2.12. The molecule has 0 N–H and O–H groups in total. The van der Waals surface area contributed by atoms with Crippen molar-refractivity contribution in [1.29, 1.82) is 0 Å². The molecule has 0 aliphatic carbocycles. The van der Waals surface area contributed by atoms with Gasteiger partial charge >= 0.3 is 0 Å². The van der Waals surface area contributed by atoms with E-state index in [0.717, 1.165) is 24.5 Å². The average molecular weight is 418 g/mol. The van der Waals surface area contributed by atoms with Gasteiger partial charge in [-0.05, 0) is 52.2 Å². The van der Waals surface area contributed by atoms with Gasteiger partial charge in [-0.15, -0.1) is 11.3 Å². The Morgan fingerprint density at radius 1 is 1.15 bits per heavy atom. The number of fused-ring (bicyclic) bond motifs is 1. The minimum absolute atomic E-state index is 0.176. The first-order valence-electron chi connectivity index (χ1n) is 6.44. The molecule has 3 rings (SSSR count). The van der Waals surface area contributed by atoms with Gasteiger partial charge < -0.3 is 9.47 Å². The molecule has 1 aromatic carbocycles. The molecule has 0 radical (unpaired) electrons. The van der Waals surface area contributed by atoms with Gasteiger partial charge in [0.1, 0.15) is 0 Å². The number of aryl methyl sites for hydroxylation is 1. The molecule has 1 aliphatic heterocycles. The summed E-state index contributed by atoms with van der Waals surface area (Å²) in [4.78, 5) is 1.46. The predicted molar refractivity (Wildman–Crippen MR) is 89.6 cm³/mol. The molecule has 20 heavy (non-hydrogen) atoms. The van der Waals surface area contributed by atoms with Gasteiger partial charge in [0.2, 0.25) is 0 Å². The largest absolute Gasteiger partial charge is 0.490 e. The van der Waals surface area contributed by atoms with Crippen molar-refractivity contribution < 1.29 is 9.47 Å². The van der Waals surface area contributed by atoms with E-state index < -0.39 is 0 Å². The Morgan fingerprint density at radius 2 is 1.90 bits per heavy atom. The first kappa shape index (κ1) is 14.4. The summed E-state index contributed by atoms with van der Waals surface area (Å²) >= 11 is 9.12. The van der Waals surface area contributed by atoms with Gasteiger partial charge in [-0.3, -0.25) is 0 Å². The lowest BCUT2D eigenvalue weighted by atomic mass is 10.1. The molecule has 1 unspecified atom stereocenters. The molecular weight excluding hydrogens is 404 g/mol. The van der Waals surface area contributed by atoms with Crippen molar-refractivity contribution in [3.8, 4) is 11.5 Å². The molecule has 0 saturated carbocycles. The highest BCUT2D eigenvalue weighted by atomic mass is 79.9. The molecule has 2 heterocycles. The maximum absolute atomic E-state index is 5.75. The Morgan fingerprint density at radius 3 is 2.60 bits per heavy atom. The Bertz CT molecular complexity index is 605. The molecular formula is C15H14Br2O2S. The molecule has 5 heteroatoms. The molecule has 2 aromatic rings. The van der Waals surface area contributed by atoms with E-state index in [1.165, 1.54) is 19.8 Å². The highest BCUT2D eigenvalue weighted by Gasteiger charge is 2.18. The SMILES string of the molecule is Cc1cc(C(Br)c2ccc3c(c2)OCCCO3)sc1Br. The highest BCUT2D eigenvalue weighted by molar-refractivity contribution is 9.11. The summed E-state index contributed by atoms with van der Waals surface area (Å²) in [5, 5.41) is 0. The summed E-state index contributed by atoms with van der Waals surface area (Å²) in [5.41, 5.74) is 2.45. The number of alkyl halides is 1. The van der Waals surface area contributed by atoms with Crippen molar-refractivity contribution in [3.63, 3.8) is 0 Å². The van der Waals surface area contributed by atoms with Gasteiger partial charge in [0.05, 0.1) is 21.8 Å². The van der Waals surface area contributed by atoms with Crippen LogP contribution in [-0.2, 0) is 0 Å². The topological polar surface area (TPSA) is 18.5 Å². The zero-order valence-electron chi connectivity index (χ0n) is 11.0. The van der Waals surface area contributed by atoms with E-state index in [4.69, 9.17) is 9.47 Å². The third kappa shape index (κ3) is 2.90. The van der Waals surface area contributed by atoms with Crippen molar-refractivity contribution in [3.05, 3.63) is 44.1 Å². The number of hydrogen-bond donors (Lipinski definition) is 0. The highest BCUT2D eigenvalue weighted by Crippen LogP contribution is 2.41. The molecule has 0 bridgehead atoms. The molecule has 1 aromatic heterocycles. The summed E-state index contributed by atoms with van der Waals surface area (Å²) in [6, 6.07) is 8.37. The fourth-order valence-electron chi connectivity index (χ4n) is 2.11. The Labute approximate surface area is 139 Å². The maximum Gasteiger partial charge on any atom is 0.161 e. The smallest absolute Gasteiger partial charge is 0.161 e. The molecule has 0 saturated heterocycles. The van der Waals surface area contributed by atoms with Crippen molar-refractivity contribution >= 4 is 43.2 Å². The lowest BCUT2D eigenvalue weighted by molar-refractivity contribution is 0.297. The molecule has 106 valence electrons. The zero-order chi connectivity index (χ0) is 14.1. The van der Waals surface area contributed by atoms with Gasteiger partial charge in [0.25, 0.3) is 0 Å². The van der Waals surface area contributed by atoms with E-state index >= 15 is 0 Å². The van der Waals surface area contributed by atoms with Gasteiger partial charge in [-0.25, -0.2) is 0 Å². The fraction of sp³-hybridized carbons (Fsp3) is 0.333. The Hall–Kier alpha value is -0.520. The second kappa shape index (κ2) is 6.08. The standard InChI is InChI=1S/C15H14Br2O2S/c1-9-7-13(20-15(9)17)14(16)10-3-4-11-12(8-10)19-6-2-5-18-11/h3-4,7-8,14H,2,5-6H2,1H3. The number of halogens is 2. The van der Waals surface area contributed by atoms with Crippen molar-refractivity contribution in [2.75, 3.05) is 13.2 Å². The minimum Gasteiger partial charge on any atom is -0.490 e. The van der Waals surface area contributed by atoms with E-state index in [2.05, 4.69) is 57.0 Å². The Balaban J connectivity index is 1.92. The lowest BCUT2D eigenvalue weighted by Crippen LogP contribution is -1.97. The zero-order valence-corrected chi connectivity index (χ0v) is 15.0. The fourth-order valence-corrected chi connectivity index (χ4v) is 4.38. The van der Waals surface area contributed by atoms with Crippen LogP contribution in [-0.4, -0.2) is 13.2 Å². The second-order valence-electron chi connectivity index (χ2n) is 4.72. The van der Waals surface area contributed by atoms with Crippen molar-refractivity contribution in [2.24, 2.45) is 0 Å². The van der Waals surface area contributed by atoms with Crippen LogP contribution in [0.25, 0.3) is 0 Å². The number of thiophene rings is 1. The van der Waals surface area contributed by atoms with Gasteiger partial charge in [0, 0.05) is 11.3 Å². The van der Waals surface area contributed by atoms with Crippen LogP contribution >= 0.6 is 43.2 Å². The average Bonchev–Trinajstić information content (AvgIpc) is 2.67. The molecule has 0 amide bonds. The van der Waals surface area contributed by atoms with Crippen LogP contribution in [0.3, 0.4) is 0 Å². The van der Waals surface area contributed by atoms with Crippen LogP contribution in [0.5, 0.6) is 11.5 Å². The summed E-state index contributed by atoms with van der Waals surface area (Å²) in [6.45, 7) is 3.55. The van der Waals surface area contributed by atoms with Gasteiger partial charge in [0.15, 0.2) is 11.5 Å². The maximum atomic E-state index is 5.75. The number of rotatable bonds is 2. The van der Waals surface area contributed by atoms with E-state index in [0.29, 0.717) is 6.61 Å². The normalized spacial score (nSPS) is 15.8. The van der Waals surface area contributed by atoms with Gasteiger partial charge in [-0.2, -0.15) is 0 Å². The number of benzene rings is 1. The van der Waals surface area contributed by atoms with Gasteiger partial charge in [-0.1, -0.05) is 22.0 Å². The first-order chi connectivity index (χ1) is 9.65. The van der Waals surface area contributed by atoms with Crippen LogP contribution in [0, 0.1) is 6.92 Å². The third-order valence-electron chi connectivity index (χ3n) is 3.19. The van der Waals surface area contributed by atoms with Crippen LogP contribution in [0.4, 0.5) is 0 Å². The van der Waals surface area contributed by atoms with Crippen LogP contribution in [0.1, 0.15) is 27.3 Å². The van der Waals surface area contributed by atoms with E-state index in [1.807, 2.05) is 6.07 Å². The summed E-state index contributed by atoms with van der Waals surface area (Å²) in [7, 11) is 0. The molecule has 2 nitrogen and oxygen atoms in total. The van der Waals surface area contributed by atoms with Crippen LogP contribution in [0.2, 0.25) is 0 Å². The minimum atomic E-state index is 0.176. The molecule has 0 spiro atoms. The van der Waals surface area contributed by atoms with Crippen LogP contribution in [0.15, 0.2) is 28.1 Å². The quantitative estimate of drug-likeness (QED) is 0.603. The summed E-state index contributed by atoms with van der Waals surface area (Å²) in [5.74, 6) is 1.69. The molecule has 1 atom stereocenters. The Kier molecular flexibility index (Phi) is 4.38. The number of ether oxygens (including phenoxy) is 2. The van der Waals surface area contributed by atoms with Crippen molar-refractivity contribution in [1.82, 2.24) is 0 Å². The van der Waals surface area contributed by atoms with E-state index in [1.54, 1.807) is 11.3 Å². The van der Waals surface area contributed by atoms with E-state index in [9.17, 15) is 0 Å². The summed E-state index contributed by atoms with van der Waals surface area (Å²) in [6.07, 6.45) is 0.929. The molecule has 1 aliphatic rings. The van der Waals surface area contributed by atoms with Crippen molar-refractivity contribution in [2.45, 2.75) is 18.2 Å². The molecule has 0 fully saturated rings. The predicted octanol–water partition coefficient (Wildman–Crippen LogP) is 5.46. The van der Waals surface area contributed by atoms with Crippen LogP contribution < -0.4 is 9.47 Å². The van der Waals surface area contributed by atoms with E-state index in [-0.39, 0.29) is 4.83 Å².